The molecule has 2 aromatic heterocycles. The second-order valence-electron chi connectivity index (χ2n) is 7.81. The summed E-state index contributed by atoms with van der Waals surface area (Å²) >= 11 is 0. The molecule has 7 nitrogen and oxygen atoms in total. The fourth-order valence-corrected chi connectivity index (χ4v) is 4.24. The third-order valence-corrected chi connectivity index (χ3v) is 5.77. The molecule has 0 aliphatic heterocycles. The molecule has 3 N–H and O–H groups in total. The van der Waals surface area contributed by atoms with Crippen LogP contribution in [0.5, 0.6) is 0 Å². The lowest BCUT2D eigenvalue weighted by molar-refractivity contribution is 0.759. The number of nitrogens with zero attached hydrogens (tertiary/aromatic N) is 4. The molecule has 0 amide bonds. The summed E-state index contributed by atoms with van der Waals surface area (Å²) < 4.78 is 1.78. The van der Waals surface area contributed by atoms with Gasteiger partial charge < -0.3 is 5.73 Å². The molecule has 0 spiro atoms. The molecule has 0 radical (unpaired) electrons. The Morgan fingerprint density at radius 2 is 1.88 bits per heavy atom. The van der Waals surface area contributed by atoms with Crippen molar-refractivity contribution in [1.29, 1.82) is 0 Å². The van der Waals surface area contributed by atoms with Crippen LogP contribution in [0.3, 0.4) is 0 Å². The number of aromatic nitrogens is 4. The maximum Gasteiger partial charge on any atom is 0.272 e. The van der Waals surface area contributed by atoms with Crippen molar-refractivity contribution in [3.8, 4) is 22.4 Å². The number of rotatable bonds is 3. The van der Waals surface area contributed by atoms with Gasteiger partial charge in [0, 0.05) is 29.6 Å². The van der Waals surface area contributed by atoms with E-state index in [1.165, 1.54) is 0 Å². The zero-order valence-electron chi connectivity index (χ0n) is 17.6. The first kappa shape index (κ1) is 19.7. The molecule has 156 valence electrons. The van der Waals surface area contributed by atoms with Crippen molar-refractivity contribution in [2.75, 3.05) is 0 Å². The molecule has 1 atom stereocenters. The van der Waals surface area contributed by atoms with Crippen LogP contribution in [-0.4, -0.2) is 20.0 Å². The molecule has 0 aliphatic carbocycles. The standard InChI is InChI=1S/C25H20N6O/c1-14(26)22-20-12-16(9-10-18(20)25(32)30-29-22)21-13-28-31(3)24(21)19-11-8-15-6-4-5-7-17(15)23(19)27-2/h4-14H,26H2,1,3H3,(H,30,32)/t14-/m0/s1. The minimum absolute atomic E-state index is 0.257. The van der Waals surface area contributed by atoms with E-state index >= 15 is 0 Å². The Labute approximate surface area is 183 Å². The molecule has 5 rings (SSSR count). The minimum Gasteiger partial charge on any atom is -0.323 e. The number of aromatic amines is 1. The average molecular weight is 420 g/mol. The lowest BCUT2D eigenvalue weighted by Gasteiger charge is -2.13. The van der Waals surface area contributed by atoms with Crippen LogP contribution in [0.1, 0.15) is 18.7 Å². The average Bonchev–Trinajstić information content (AvgIpc) is 3.19. The van der Waals surface area contributed by atoms with E-state index in [-0.39, 0.29) is 11.6 Å². The fraction of sp³-hybridized carbons (Fsp3) is 0.120. The summed E-state index contributed by atoms with van der Waals surface area (Å²) in [5.41, 5.74) is 10.4. The summed E-state index contributed by atoms with van der Waals surface area (Å²) in [6, 6.07) is 17.1. The summed E-state index contributed by atoms with van der Waals surface area (Å²) in [7, 11) is 1.86. The zero-order chi connectivity index (χ0) is 22.4. The van der Waals surface area contributed by atoms with E-state index in [0.29, 0.717) is 22.2 Å². The fourth-order valence-electron chi connectivity index (χ4n) is 4.24. The number of hydrogen-bond acceptors (Lipinski definition) is 4. The van der Waals surface area contributed by atoms with E-state index in [2.05, 4.69) is 20.1 Å². The number of nitrogens with two attached hydrogens (primary N) is 1. The Hall–Kier alpha value is -4.28. The maximum atomic E-state index is 12.3. The number of H-pyrrole nitrogens is 1. The molecule has 7 heteroatoms. The van der Waals surface area contributed by atoms with Crippen molar-refractivity contribution in [1.82, 2.24) is 20.0 Å². The van der Waals surface area contributed by atoms with E-state index in [1.54, 1.807) is 16.9 Å². The van der Waals surface area contributed by atoms with Gasteiger partial charge in [0.25, 0.3) is 5.56 Å². The molecule has 0 bridgehead atoms. The molecule has 5 aromatic rings. The summed E-state index contributed by atoms with van der Waals surface area (Å²) in [6.07, 6.45) is 1.78. The van der Waals surface area contributed by atoms with Gasteiger partial charge in [0.15, 0.2) is 0 Å². The molecular formula is C25H20N6O. The number of nitrogens with one attached hydrogen (secondary N) is 1. The normalized spacial score (nSPS) is 12.2. The van der Waals surface area contributed by atoms with E-state index in [4.69, 9.17) is 12.3 Å². The van der Waals surface area contributed by atoms with Gasteiger partial charge in [-0.3, -0.25) is 9.48 Å². The van der Waals surface area contributed by atoms with Crippen molar-refractivity contribution in [2.45, 2.75) is 13.0 Å². The maximum absolute atomic E-state index is 12.3. The predicted octanol–water partition coefficient (Wildman–Crippen LogP) is 4.71. The summed E-state index contributed by atoms with van der Waals surface area (Å²) in [6.45, 7) is 9.69. The van der Waals surface area contributed by atoms with Gasteiger partial charge in [0.1, 0.15) is 0 Å². The van der Waals surface area contributed by atoms with E-state index in [1.807, 2.05) is 62.5 Å². The van der Waals surface area contributed by atoms with Gasteiger partial charge in [-0.2, -0.15) is 10.2 Å². The Morgan fingerprint density at radius 1 is 1.06 bits per heavy atom. The van der Waals surface area contributed by atoms with Gasteiger partial charge >= 0.3 is 0 Å². The van der Waals surface area contributed by atoms with Crippen LogP contribution in [-0.2, 0) is 7.05 Å². The van der Waals surface area contributed by atoms with E-state index in [9.17, 15) is 4.79 Å². The first-order valence-electron chi connectivity index (χ1n) is 10.2. The highest BCUT2D eigenvalue weighted by atomic mass is 16.1. The number of fused-ring (bicyclic) bond motifs is 2. The summed E-state index contributed by atoms with van der Waals surface area (Å²) in [5.74, 6) is 0. The van der Waals surface area contributed by atoms with Crippen LogP contribution in [0.2, 0.25) is 0 Å². The molecule has 0 saturated heterocycles. The molecule has 0 fully saturated rings. The van der Waals surface area contributed by atoms with Gasteiger partial charge in [-0.15, -0.1) is 0 Å². The van der Waals surface area contributed by atoms with Crippen molar-refractivity contribution >= 4 is 27.2 Å². The Bertz CT molecular complexity index is 1600. The van der Waals surface area contributed by atoms with E-state index < -0.39 is 0 Å². The number of hydrogen-bond donors (Lipinski definition) is 2. The lowest BCUT2D eigenvalue weighted by atomic mass is 9.95. The van der Waals surface area contributed by atoms with E-state index in [0.717, 1.165) is 33.2 Å². The molecule has 3 aromatic carbocycles. The van der Waals surface area contributed by atoms with Gasteiger partial charge in [0.05, 0.1) is 29.5 Å². The highest BCUT2D eigenvalue weighted by Crippen LogP contribution is 2.41. The highest BCUT2D eigenvalue weighted by molar-refractivity contribution is 6.04. The quantitative estimate of drug-likeness (QED) is 0.413. The van der Waals surface area contributed by atoms with Crippen molar-refractivity contribution in [2.24, 2.45) is 12.8 Å². The van der Waals surface area contributed by atoms with Gasteiger partial charge in [-0.05, 0) is 35.4 Å². The SMILES string of the molecule is [C-]#[N+]c1c(-c2c(-c3ccc4c(=O)[nH]nc([C@H](C)N)c4c3)cnn2C)ccc2ccccc12. The van der Waals surface area contributed by atoms with Crippen LogP contribution in [0.4, 0.5) is 5.69 Å². The Kier molecular flexibility index (Phi) is 4.58. The van der Waals surface area contributed by atoms with Crippen LogP contribution >= 0.6 is 0 Å². The van der Waals surface area contributed by atoms with Crippen LogP contribution in [0.25, 0.3) is 48.8 Å². The second-order valence-corrected chi connectivity index (χ2v) is 7.81. The monoisotopic (exact) mass is 420 g/mol. The zero-order valence-corrected chi connectivity index (χ0v) is 17.6. The Morgan fingerprint density at radius 3 is 2.66 bits per heavy atom. The van der Waals surface area contributed by atoms with Gasteiger partial charge in [-0.1, -0.05) is 42.5 Å². The molecular weight excluding hydrogens is 400 g/mol. The number of benzene rings is 3. The van der Waals surface area contributed by atoms with Crippen LogP contribution in [0.15, 0.2) is 65.6 Å². The van der Waals surface area contributed by atoms with Crippen LogP contribution in [0, 0.1) is 6.57 Å². The first-order chi connectivity index (χ1) is 15.5. The predicted molar refractivity (Wildman–Crippen MR) is 126 cm³/mol. The summed E-state index contributed by atoms with van der Waals surface area (Å²) in [4.78, 5) is 16.2. The largest absolute Gasteiger partial charge is 0.323 e. The van der Waals surface area contributed by atoms with Gasteiger partial charge in [-0.25, -0.2) is 9.94 Å². The van der Waals surface area contributed by atoms with Gasteiger partial charge in [0.2, 0.25) is 5.69 Å². The topological polar surface area (TPSA) is 93.9 Å². The third kappa shape index (κ3) is 2.97. The minimum atomic E-state index is -0.341. The van der Waals surface area contributed by atoms with Crippen molar-refractivity contribution < 1.29 is 0 Å². The lowest BCUT2D eigenvalue weighted by Crippen LogP contribution is -2.16. The Balaban J connectivity index is 1.79. The smallest absolute Gasteiger partial charge is 0.272 e. The van der Waals surface area contributed by atoms with Crippen molar-refractivity contribution in [3.63, 3.8) is 0 Å². The third-order valence-electron chi connectivity index (χ3n) is 5.77. The molecule has 0 saturated carbocycles. The highest BCUT2D eigenvalue weighted by Gasteiger charge is 2.19. The molecule has 32 heavy (non-hydrogen) atoms. The molecule has 0 unspecified atom stereocenters. The van der Waals surface area contributed by atoms with Crippen LogP contribution < -0.4 is 11.3 Å². The first-order valence-corrected chi connectivity index (χ1v) is 10.2. The summed E-state index contributed by atoms with van der Waals surface area (Å²) in [5, 5.41) is 14.3. The second kappa shape index (κ2) is 7.45. The molecule has 2 heterocycles. The number of aryl methyl sites for hydroxylation is 1. The molecule has 0 aliphatic rings. The van der Waals surface area contributed by atoms with Crippen molar-refractivity contribution in [3.05, 3.63) is 88.3 Å².